The van der Waals surface area contributed by atoms with Gasteiger partial charge in [-0.3, -0.25) is 0 Å². The van der Waals surface area contributed by atoms with Crippen molar-refractivity contribution < 1.29 is 0 Å². The van der Waals surface area contributed by atoms with E-state index < -0.39 is 0 Å². The van der Waals surface area contributed by atoms with Gasteiger partial charge in [-0.1, -0.05) is 68.8 Å². The Kier molecular flexibility index (Phi) is 3.75. The van der Waals surface area contributed by atoms with E-state index in [-0.39, 0.29) is 0 Å². The van der Waals surface area contributed by atoms with Crippen molar-refractivity contribution in [2.24, 2.45) is 11.8 Å². The highest BCUT2D eigenvalue weighted by molar-refractivity contribution is 14.1. The highest BCUT2D eigenvalue weighted by Crippen LogP contribution is 2.50. The Bertz CT molecular complexity index is 384. The van der Waals surface area contributed by atoms with Crippen molar-refractivity contribution in [1.82, 2.24) is 0 Å². The highest BCUT2D eigenvalue weighted by atomic mass is 127. The average molecular weight is 352 g/mol. The van der Waals surface area contributed by atoms with Gasteiger partial charge in [-0.15, -0.1) is 0 Å². The monoisotopic (exact) mass is 352 g/mol. The van der Waals surface area contributed by atoms with E-state index in [1.165, 1.54) is 29.3 Å². The number of benzene rings is 1. The van der Waals surface area contributed by atoms with Crippen LogP contribution in [0.2, 0.25) is 11.6 Å². The highest BCUT2D eigenvalue weighted by Gasteiger charge is 2.44. The molecule has 2 saturated heterocycles. The smallest absolute Gasteiger partial charge is 0.0794 e. The molecule has 18 heavy (non-hydrogen) atoms. The minimum absolute atomic E-state index is 0.856. The van der Waals surface area contributed by atoms with Crippen LogP contribution in [0.5, 0.6) is 0 Å². The largest absolute Gasteiger partial charge is 0.182 e. The molecule has 0 atom stereocenters. The SMILES string of the molecule is CC1CC2CC(C)CC(C1)B2c1ccc(I)cc1. The molecule has 0 N–H and O–H groups in total. The van der Waals surface area contributed by atoms with Crippen LogP contribution in [-0.4, -0.2) is 6.71 Å². The van der Waals surface area contributed by atoms with E-state index >= 15 is 0 Å². The summed E-state index contributed by atoms with van der Waals surface area (Å²) >= 11 is 2.41. The van der Waals surface area contributed by atoms with Crippen LogP contribution in [-0.2, 0) is 0 Å². The lowest BCUT2D eigenvalue weighted by Crippen LogP contribution is -2.47. The average Bonchev–Trinajstić information content (AvgIpc) is 2.29. The minimum atomic E-state index is 0.856. The van der Waals surface area contributed by atoms with Crippen LogP contribution in [0.1, 0.15) is 39.5 Å². The molecule has 2 heterocycles. The zero-order valence-electron chi connectivity index (χ0n) is 11.4. The summed E-state index contributed by atoms with van der Waals surface area (Å²) in [6, 6.07) is 9.34. The summed E-state index contributed by atoms with van der Waals surface area (Å²) in [4.78, 5) is 0. The van der Waals surface area contributed by atoms with Gasteiger partial charge in [0.2, 0.25) is 0 Å². The third kappa shape index (κ3) is 2.50. The molecule has 2 heteroatoms. The van der Waals surface area contributed by atoms with Crippen LogP contribution in [0, 0.1) is 15.4 Å². The summed E-state index contributed by atoms with van der Waals surface area (Å²) in [7, 11) is 0. The third-order valence-electron chi connectivity index (χ3n) is 5.09. The molecule has 2 bridgehead atoms. The molecule has 96 valence electrons. The predicted molar refractivity (Wildman–Crippen MR) is 88.8 cm³/mol. The van der Waals surface area contributed by atoms with Crippen LogP contribution in [0.15, 0.2) is 24.3 Å². The Balaban J connectivity index is 1.89. The Hall–Kier alpha value is 0.0149. The van der Waals surface area contributed by atoms with Gasteiger partial charge in [-0.25, -0.2) is 0 Å². The van der Waals surface area contributed by atoms with Gasteiger partial charge >= 0.3 is 0 Å². The molecule has 1 aromatic rings. The normalized spacial score (nSPS) is 35.6. The Morgan fingerprint density at radius 3 is 1.78 bits per heavy atom. The molecule has 0 nitrogen and oxygen atoms in total. The summed E-state index contributed by atoms with van der Waals surface area (Å²) in [5, 5.41) is 0. The number of hydrogen-bond acceptors (Lipinski definition) is 0. The summed E-state index contributed by atoms with van der Waals surface area (Å²) < 4.78 is 1.36. The first-order chi connectivity index (χ1) is 8.63. The maximum absolute atomic E-state index is 2.46. The second-order valence-electron chi connectivity index (χ2n) is 6.75. The van der Waals surface area contributed by atoms with Gasteiger partial charge in [0.25, 0.3) is 0 Å². The molecule has 2 aliphatic heterocycles. The lowest BCUT2D eigenvalue weighted by molar-refractivity contribution is 0.307. The molecule has 0 saturated carbocycles. The van der Waals surface area contributed by atoms with E-state index in [1.807, 2.05) is 0 Å². The number of rotatable bonds is 1. The topological polar surface area (TPSA) is 0 Å². The van der Waals surface area contributed by atoms with E-state index in [4.69, 9.17) is 0 Å². The molecule has 0 aliphatic carbocycles. The van der Waals surface area contributed by atoms with Crippen molar-refractivity contribution in [3.63, 3.8) is 0 Å². The number of halogens is 1. The zero-order valence-corrected chi connectivity index (χ0v) is 13.6. The van der Waals surface area contributed by atoms with Gasteiger partial charge in [0.1, 0.15) is 0 Å². The van der Waals surface area contributed by atoms with Gasteiger partial charge < -0.3 is 0 Å². The summed E-state index contributed by atoms with van der Waals surface area (Å²) in [5.74, 6) is 3.80. The van der Waals surface area contributed by atoms with Gasteiger partial charge in [0, 0.05) is 3.57 Å². The summed E-state index contributed by atoms with van der Waals surface area (Å²) in [6.07, 6.45) is 5.82. The van der Waals surface area contributed by atoms with Crippen LogP contribution in [0.25, 0.3) is 0 Å². The fourth-order valence-corrected chi connectivity index (χ4v) is 5.01. The predicted octanol–water partition coefficient (Wildman–Crippen LogP) is 4.59. The Morgan fingerprint density at radius 1 is 0.889 bits per heavy atom. The molecular formula is C16H22BI. The van der Waals surface area contributed by atoms with Crippen LogP contribution >= 0.6 is 22.6 Å². The number of fused-ring (bicyclic) bond motifs is 2. The molecule has 0 amide bonds. The zero-order chi connectivity index (χ0) is 12.7. The second-order valence-corrected chi connectivity index (χ2v) is 8.00. The van der Waals surface area contributed by atoms with Crippen molar-refractivity contribution in [3.05, 3.63) is 27.8 Å². The Morgan fingerprint density at radius 2 is 1.33 bits per heavy atom. The van der Waals surface area contributed by atoms with Crippen molar-refractivity contribution in [2.45, 2.75) is 51.2 Å². The molecular weight excluding hydrogens is 330 g/mol. The van der Waals surface area contributed by atoms with E-state index in [1.54, 1.807) is 5.46 Å². The molecule has 0 radical (unpaired) electrons. The van der Waals surface area contributed by atoms with Crippen molar-refractivity contribution in [3.8, 4) is 0 Å². The fraction of sp³-hybridized carbons (Fsp3) is 0.625. The lowest BCUT2D eigenvalue weighted by Gasteiger charge is -2.46. The first kappa shape index (κ1) is 13.0. The third-order valence-corrected chi connectivity index (χ3v) is 5.81. The van der Waals surface area contributed by atoms with E-state index in [0.29, 0.717) is 0 Å². The second kappa shape index (κ2) is 5.18. The molecule has 0 unspecified atom stereocenters. The lowest BCUT2D eigenvalue weighted by atomic mass is 9.23. The maximum Gasteiger partial charge on any atom is 0.182 e. The van der Waals surface area contributed by atoms with Gasteiger partial charge in [-0.2, -0.15) is 0 Å². The van der Waals surface area contributed by atoms with E-state index in [9.17, 15) is 0 Å². The quantitative estimate of drug-likeness (QED) is 0.512. The van der Waals surface area contributed by atoms with Crippen LogP contribution < -0.4 is 5.46 Å². The van der Waals surface area contributed by atoms with Gasteiger partial charge in [-0.05, 0) is 46.6 Å². The molecule has 3 rings (SSSR count). The molecule has 0 aromatic heterocycles. The molecule has 0 spiro atoms. The van der Waals surface area contributed by atoms with Crippen molar-refractivity contribution in [2.75, 3.05) is 0 Å². The first-order valence-corrected chi connectivity index (χ1v) is 8.47. The van der Waals surface area contributed by atoms with Crippen LogP contribution in [0.3, 0.4) is 0 Å². The van der Waals surface area contributed by atoms with E-state index in [0.717, 1.165) is 30.2 Å². The van der Waals surface area contributed by atoms with Crippen molar-refractivity contribution >= 4 is 34.8 Å². The van der Waals surface area contributed by atoms with E-state index in [2.05, 4.69) is 60.7 Å². The molecule has 1 aromatic carbocycles. The molecule has 2 fully saturated rings. The fourth-order valence-electron chi connectivity index (χ4n) is 4.65. The van der Waals surface area contributed by atoms with Gasteiger partial charge in [0.15, 0.2) is 6.71 Å². The van der Waals surface area contributed by atoms with Crippen LogP contribution in [0.4, 0.5) is 0 Å². The summed E-state index contributed by atoms with van der Waals surface area (Å²) in [5.41, 5.74) is 1.62. The summed E-state index contributed by atoms with van der Waals surface area (Å²) in [6.45, 7) is 5.77. The number of hydrogen-bond donors (Lipinski definition) is 0. The minimum Gasteiger partial charge on any atom is -0.0794 e. The standard InChI is InChI=1S/C16H22BI/c1-11-7-14-9-12(2)10-15(8-11)17(14)13-3-5-16(18)6-4-13/h3-6,11-12,14-15H,7-10H2,1-2H3. The van der Waals surface area contributed by atoms with Gasteiger partial charge in [0.05, 0.1) is 0 Å². The van der Waals surface area contributed by atoms with Crippen molar-refractivity contribution in [1.29, 1.82) is 0 Å². The maximum atomic E-state index is 2.46. The Labute approximate surface area is 125 Å². The first-order valence-electron chi connectivity index (χ1n) is 7.39. The molecule has 2 aliphatic rings.